The molecule has 2 rings (SSSR count). The van der Waals surface area contributed by atoms with Gasteiger partial charge in [-0.2, -0.15) is 0 Å². The largest absolute Gasteiger partial charge is 0.484 e. The van der Waals surface area contributed by atoms with Crippen molar-refractivity contribution >= 4 is 28.9 Å². The molecular weight excluding hydrogens is 276 g/mol. The van der Waals surface area contributed by atoms with Crippen LogP contribution in [0.4, 0.5) is 10.1 Å². The van der Waals surface area contributed by atoms with Gasteiger partial charge >= 0.3 is 0 Å². The van der Waals surface area contributed by atoms with Crippen LogP contribution in [0.15, 0.2) is 36.4 Å². The maximum atomic E-state index is 13.4. The van der Waals surface area contributed by atoms with Gasteiger partial charge in [-0.15, -0.1) is 0 Å². The number of para-hydroxylation sites is 1. The Labute approximate surface area is 114 Å². The Morgan fingerprint density at radius 2 is 1.89 bits per heavy atom. The molecule has 0 saturated heterocycles. The lowest BCUT2D eigenvalue weighted by Crippen LogP contribution is -1.99. The second-order valence-electron chi connectivity index (χ2n) is 3.70. The lowest BCUT2D eigenvalue weighted by Gasteiger charge is -2.09. The number of nitrogens with two attached hydrogens (primary N) is 1. The van der Waals surface area contributed by atoms with E-state index in [2.05, 4.69) is 0 Å². The smallest absolute Gasteiger partial charge is 0.174 e. The average molecular weight is 286 g/mol. The van der Waals surface area contributed by atoms with Gasteiger partial charge in [0.05, 0.1) is 15.7 Å². The van der Waals surface area contributed by atoms with Crippen LogP contribution in [0, 0.1) is 5.82 Å². The second-order valence-corrected chi connectivity index (χ2v) is 4.51. The molecule has 0 bridgehead atoms. The third kappa shape index (κ3) is 2.86. The minimum absolute atomic E-state index is 0.0349. The molecule has 2 aromatic rings. The zero-order valence-electron chi connectivity index (χ0n) is 9.29. The van der Waals surface area contributed by atoms with Crippen molar-refractivity contribution in [1.82, 2.24) is 0 Å². The number of halogens is 3. The van der Waals surface area contributed by atoms with Crippen LogP contribution in [-0.4, -0.2) is 0 Å². The number of hydrogen-bond donors (Lipinski definition) is 1. The molecular formula is C13H10Cl2FNO. The van der Waals surface area contributed by atoms with E-state index in [0.29, 0.717) is 10.7 Å². The van der Waals surface area contributed by atoms with Crippen molar-refractivity contribution in [2.24, 2.45) is 0 Å². The first-order chi connectivity index (χ1) is 8.58. The number of nitrogen functional groups attached to an aromatic ring is 1. The van der Waals surface area contributed by atoms with Crippen LogP contribution in [0.1, 0.15) is 5.56 Å². The van der Waals surface area contributed by atoms with E-state index in [-0.39, 0.29) is 17.4 Å². The third-order valence-corrected chi connectivity index (χ3v) is 3.00. The Hall–Kier alpha value is -1.45. The zero-order chi connectivity index (χ0) is 13.1. The number of rotatable bonds is 3. The Morgan fingerprint density at radius 3 is 2.56 bits per heavy atom. The van der Waals surface area contributed by atoms with Crippen LogP contribution >= 0.6 is 23.2 Å². The fraction of sp³-hybridized carbons (Fsp3) is 0.0769. The van der Waals surface area contributed by atoms with E-state index in [0.717, 1.165) is 5.56 Å². The van der Waals surface area contributed by atoms with Gasteiger partial charge in [-0.3, -0.25) is 0 Å². The first-order valence-electron chi connectivity index (χ1n) is 5.18. The van der Waals surface area contributed by atoms with E-state index in [4.69, 9.17) is 33.7 Å². The molecule has 0 unspecified atom stereocenters. The van der Waals surface area contributed by atoms with Gasteiger partial charge in [0.15, 0.2) is 11.6 Å². The number of hydrogen-bond acceptors (Lipinski definition) is 2. The highest BCUT2D eigenvalue weighted by Crippen LogP contribution is 2.28. The molecule has 0 heterocycles. The van der Waals surface area contributed by atoms with E-state index in [9.17, 15) is 4.39 Å². The fourth-order valence-electron chi connectivity index (χ4n) is 1.46. The van der Waals surface area contributed by atoms with E-state index >= 15 is 0 Å². The third-order valence-electron chi connectivity index (χ3n) is 2.36. The molecule has 0 radical (unpaired) electrons. The summed E-state index contributed by atoms with van der Waals surface area (Å²) in [4.78, 5) is 0. The van der Waals surface area contributed by atoms with Gasteiger partial charge < -0.3 is 10.5 Å². The van der Waals surface area contributed by atoms with Crippen LogP contribution < -0.4 is 10.5 Å². The minimum atomic E-state index is -0.496. The predicted octanol–water partition coefficient (Wildman–Crippen LogP) is 4.29. The average Bonchev–Trinajstić information content (AvgIpc) is 2.33. The van der Waals surface area contributed by atoms with Gasteiger partial charge in [0.25, 0.3) is 0 Å². The van der Waals surface area contributed by atoms with Crippen molar-refractivity contribution < 1.29 is 9.13 Å². The van der Waals surface area contributed by atoms with Crippen molar-refractivity contribution in [3.63, 3.8) is 0 Å². The molecule has 18 heavy (non-hydrogen) atoms. The Kier molecular flexibility index (Phi) is 3.94. The maximum Gasteiger partial charge on any atom is 0.174 e. The summed E-state index contributed by atoms with van der Waals surface area (Å²) in [6, 6.07) is 9.47. The molecule has 0 aliphatic carbocycles. The first-order valence-corrected chi connectivity index (χ1v) is 5.94. The van der Waals surface area contributed by atoms with E-state index in [1.165, 1.54) is 12.1 Å². The normalized spacial score (nSPS) is 10.4. The number of ether oxygens (including phenoxy) is 1. The summed E-state index contributed by atoms with van der Waals surface area (Å²) < 4.78 is 18.8. The van der Waals surface area contributed by atoms with Gasteiger partial charge in [0, 0.05) is 0 Å². The highest BCUT2D eigenvalue weighted by molar-refractivity contribution is 6.33. The van der Waals surface area contributed by atoms with E-state index in [1.807, 2.05) is 0 Å². The van der Waals surface area contributed by atoms with Crippen molar-refractivity contribution in [1.29, 1.82) is 0 Å². The van der Waals surface area contributed by atoms with Crippen molar-refractivity contribution in [2.45, 2.75) is 6.61 Å². The summed E-state index contributed by atoms with van der Waals surface area (Å²) in [5.41, 5.74) is 6.91. The predicted molar refractivity (Wildman–Crippen MR) is 71.6 cm³/mol. The SMILES string of the molecule is Nc1cc(COc2c(F)cccc2Cl)ccc1Cl. The summed E-state index contributed by atoms with van der Waals surface area (Å²) in [6.45, 7) is 0.169. The van der Waals surface area contributed by atoms with Gasteiger partial charge in [-0.05, 0) is 29.8 Å². The lowest BCUT2D eigenvalue weighted by atomic mass is 10.2. The van der Waals surface area contributed by atoms with Crippen molar-refractivity contribution in [3.05, 3.63) is 57.8 Å². The quantitative estimate of drug-likeness (QED) is 0.854. The summed E-state index contributed by atoms with van der Waals surface area (Å²) >= 11 is 11.6. The molecule has 0 aromatic heterocycles. The van der Waals surface area contributed by atoms with Crippen LogP contribution in [0.2, 0.25) is 10.0 Å². The topological polar surface area (TPSA) is 35.2 Å². The molecule has 0 aliphatic heterocycles. The molecule has 0 amide bonds. The summed E-state index contributed by atoms with van der Waals surface area (Å²) in [6.07, 6.45) is 0. The zero-order valence-corrected chi connectivity index (χ0v) is 10.8. The molecule has 2 nitrogen and oxygen atoms in total. The van der Waals surface area contributed by atoms with Crippen LogP contribution in [0.5, 0.6) is 5.75 Å². The maximum absolute atomic E-state index is 13.4. The number of benzene rings is 2. The molecule has 0 spiro atoms. The van der Waals surface area contributed by atoms with E-state index < -0.39 is 5.82 Å². The molecule has 2 N–H and O–H groups in total. The fourth-order valence-corrected chi connectivity index (χ4v) is 1.79. The molecule has 0 saturated carbocycles. The van der Waals surface area contributed by atoms with Crippen LogP contribution in [0.25, 0.3) is 0 Å². The lowest BCUT2D eigenvalue weighted by molar-refractivity contribution is 0.290. The van der Waals surface area contributed by atoms with Gasteiger partial charge in [-0.1, -0.05) is 35.3 Å². The molecule has 0 atom stereocenters. The molecule has 94 valence electrons. The molecule has 2 aromatic carbocycles. The Bertz CT molecular complexity index is 555. The van der Waals surface area contributed by atoms with Crippen LogP contribution in [-0.2, 0) is 6.61 Å². The standard InChI is InChI=1S/C13H10Cl2FNO/c14-9-5-4-8(6-12(9)17)7-18-13-10(15)2-1-3-11(13)16/h1-6H,7,17H2. The summed E-state index contributed by atoms with van der Waals surface area (Å²) in [5, 5.41) is 0.708. The minimum Gasteiger partial charge on any atom is -0.484 e. The number of anilines is 1. The van der Waals surface area contributed by atoms with Crippen molar-refractivity contribution in [2.75, 3.05) is 5.73 Å². The molecule has 0 aliphatic rings. The Balaban J connectivity index is 2.14. The van der Waals surface area contributed by atoms with Gasteiger partial charge in [-0.25, -0.2) is 4.39 Å². The monoisotopic (exact) mass is 285 g/mol. The highest BCUT2D eigenvalue weighted by atomic mass is 35.5. The van der Waals surface area contributed by atoms with Crippen molar-refractivity contribution in [3.8, 4) is 5.75 Å². The summed E-state index contributed by atoms with van der Waals surface area (Å²) in [7, 11) is 0. The van der Waals surface area contributed by atoms with Crippen LogP contribution in [0.3, 0.4) is 0 Å². The summed E-state index contributed by atoms with van der Waals surface area (Å²) in [5.74, 6) is -0.461. The first kappa shape index (κ1) is 13.0. The van der Waals surface area contributed by atoms with E-state index in [1.54, 1.807) is 24.3 Å². The van der Waals surface area contributed by atoms with Gasteiger partial charge in [0.2, 0.25) is 0 Å². The molecule has 5 heteroatoms. The van der Waals surface area contributed by atoms with Gasteiger partial charge in [0.1, 0.15) is 6.61 Å². The highest BCUT2D eigenvalue weighted by Gasteiger charge is 2.08. The molecule has 0 fully saturated rings. The Morgan fingerprint density at radius 1 is 1.11 bits per heavy atom. The second kappa shape index (κ2) is 5.46.